The van der Waals surface area contributed by atoms with Gasteiger partial charge in [-0.05, 0) is 22.3 Å². The molecule has 0 saturated heterocycles. The quantitative estimate of drug-likeness (QED) is 0.491. The van der Waals surface area contributed by atoms with E-state index < -0.39 is 0 Å². The Bertz CT molecular complexity index is 848. The SMILES string of the molecule is CC1(C)C(=CC=C2C(C)(C)c3ccccc3C2(C)C)C(C)(C)c2ccccc21. The molecule has 0 aliphatic heterocycles. The average molecular weight is 371 g/mol. The second-order valence-corrected chi connectivity index (χ2v) is 10.8. The number of fused-ring (bicyclic) bond motifs is 2. The minimum atomic E-state index is 0.0525. The van der Waals surface area contributed by atoms with E-state index in [2.05, 4.69) is 116 Å². The molecule has 0 aromatic heterocycles. The molecule has 0 nitrogen and oxygen atoms in total. The van der Waals surface area contributed by atoms with E-state index in [1.165, 1.54) is 33.4 Å². The summed E-state index contributed by atoms with van der Waals surface area (Å²) in [5.41, 5.74) is 9.11. The largest absolute Gasteiger partial charge is 0.0619 e. The molecule has 0 fully saturated rings. The molecule has 2 aromatic carbocycles. The van der Waals surface area contributed by atoms with Crippen LogP contribution in [0.5, 0.6) is 0 Å². The predicted molar refractivity (Wildman–Crippen MR) is 121 cm³/mol. The summed E-state index contributed by atoms with van der Waals surface area (Å²) in [7, 11) is 0. The molecule has 0 N–H and O–H groups in total. The van der Waals surface area contributed by atoms with E-state index in [1.54, 1.807) is 0 Å². The van der Waals surface area contributed by atoms with Crippen LogP contribution in [0.4, 0.5) is 0 Å². The van der Waals surface area contributed by atoms with Gasteiger partial charge in [-0.2, -0.15) is 0 Å². The maximum absolute atomic E-state index is 2.45. The average Bonchev–Trinajstić information content (AvgIpc) is 2.88. The van der Waals surface area contributed by atoms with Crippen LogP contribution in [0.2, 0.25) is 0 Å². The van der Waals surface area contributed by atoms with Crippen LogP contribution >= 0.6 is 0 Å². The molecule has 0 unspecified atom stereocenters. The fraction of sp³-hybridized carbons (Fsp3) is 0.429. The van der Waals surface area contributed by atoms with Gasteiger partial charge in [-0.3, -0.25) is 0 Å². The molecular weight excluding hydrogens is 336 g/mol. The minimum absolute atomic E-state index is 0.0525. The van der Waals surface area contributed by atoms with Gasteiger partial charge in [0, 0.05) is 21.7 Å². The van der Waals surface area contributed by atoms with Crippen molar-refractivity contribution in [2.24, 2.45) is 0 Å². The second kappa shape index (κ2) is 5.72. The first kappa shape index (κ1) is 19.2. The van der Waals surface area contributed by atoms with Gasteiger partial charge in [0.2, 0.25) is 0 Å². The lowest BCUT2D eigenvalue weighted by atomic mass is 9.73. The minimum Gasteiger partial charge on any atom is -0.0619 e. The van der Waals surface area contributed by atoms with Crippen molar-refractivity contribution in [3.05, 3.63) is 94.1 Å². The summed E-state index contributed by atoms with van der Waals surface area (Å²) in [4.78, 5) is 0. The summed E-state index contributed by atoms with van der Waals surface area (Å²) in [6, 6.07) is 18.0. The number of hydrogen-bond donors (Lipinski definition) is 0. The number of allylic oxidation sites excluding steroid dienone is 4. The Balaban J connectivity index is 1.89. The first-order chi connectivity index (χ1) is 12.9. The van der Waals surface area contributed by atoms with E-state index in [0.29, 0.717) is 0 Å². The fourth-order valence-corrected chi connectivity index (χ4v) is 6.29. The Kier molecular flexibility index (Phi) is 3.93. The Morgan fingerprint density at radius 2 is 0.643 bits per heavy atom. The van der Waals surface area contributed by atoms with Crippen molar-refractivity contribution in [2.45, 2.75) is 77.0 Å². The second-order valence-electron chi connectivity index (χ2n) is 10.8. The molecule has 0 atom stereocenters. The molecule has 146 valence electrons. The number of rotatable bonds is 1. The Labute approximate surface area is 171 Å². The summed E-state index contributed by atoms with van der Waals surface area (Å²) in [6.07, 6.45) is 4.90. The van der Waals surface area contributed by atoms with Crippen LogP contribution in [-0.4, -0.2) is 0 Å². The highest BCUT2D eigenvalue weighted by Crippen LogP contribution is 2.55. The topological polar surface area (TPSA) is 0 Å². The lowest BCUT2D eigenvalue weighted by Gasteiger charge is -2.31. The van der Waals surface area contributed by atoms with Gasteiger partial charge in [0.25, 0.3) is 0 Å². The van der Waals surface area contributed by atoms with Gasteiger partial charge >= 0.3 is 0 Å². The maximum atomic E-state index is 2.45. The molecule has 2 aliphatic carbocycles. The maximum Gasteiger partial charge on any atom is 0.0120 e. The van der Waals surface area contributed by atoms with Crippen molar-refractivity contribution in [3.8, 4) is 0 Å². The monoisotopic (exact) mass is 370 g/mol. The van der Waals surface area contributed by atoms with Crippen LogP contribution in [0, 0.1) is 0 Å². The molecule has 0 radical (unpaired) electrons. The van der Waals surface area contributed by atoms with Crippen LogP contribution in [0.3, 0.4) is 0 Å². The van der Waals surface area contributed by atoms with Gasteiger partial charge in [-0.1, -0.05) is 127 Å². The Morgan fingerprint density at radius 1 is 0.429 bits per heavy atom. The van der Waals surface area contributed by atoms with E-state index >= 15 is 0 Å². The lowest BCUT2D eigenvalue weighted by Crippen LogP contribution is -2.25. The highest BCUT2D eigenvalue weighted by atomic mass is 14.5. The van der Waals surface area contributed by atoms with Crippen LogP contribution in [0.15, 0.2) is 71.8 Å². The number of hydrogen-bond acceptors (Lipinski definition) is 0. The normalized spacial score (nSPS) is 22.6. The van der Waals surface area contributed by atoms with Gasteiger partial charge in [-0.15, -0.1) is 0 Å². The summed E-state index contributed by atoms with van der Waals surface area (Å²) >= 11 is 0. The summed E-state index contributed by atoms with van der Waals surface area (Å²) in [6.45, 7) is 19.0. The highest BCUT2D eigenvalue weighted by Gasteiger charge is 2.48. The Hall–Kier alpha value is -2.08. The van der Waals surface area contributed by atoms with Crippen molar-refractivity contribution in [3.63, 3.8) is 0 Å². The van der Waals surface area contributed by atoms with E-state index in [9.17, 15) is 0 Å². The zero-order valence-corrected chi connectivity index (χ0v) is 18.8. The van der Waals surface area contributed by atoms with Gasteiger partial charge < -0.3 is 0 Å². The summed E-state index contributed by atoms with van der Waals surface area (Å²) in [5, 5.41) is 0. The van der Waals surface area contributed by atoms with Crippen LogP contribution in [0.1, 0.15) is 77.6 Å². The molecule has 0 spiro atoms. The van der Waals surface area contributed by atoms with Crippen molar-refractivity contribution in [1.82, 2.24) is 0 Å². The molecule has 4 rings (SSSR count). The standard InChI is InChI=1S/C28H34/c1-25(2)19-13-9-10-14-20(19)26(3,4)23(25)17-18-24-27(5,6)21-15-11-12-16-22(21)28(24,7)8/h9-18H,1-8H3. The van der Waals surface area contributed by atoms with E-state index in [1.807, 2.05) is 0 Å². The molecule has 2 aromatic rings. The smallest absolute Gasteiger partial charge is 0.0120 e. The third kappa shape index (κ3) is 2.36. The molecule has 2 aliphatic rings. The van der Waals surface area contributed by atoms with E-state index in [0.717, 1.165) is 0 Å². The molecule has 0 bridgehead atoms. The zero-order valence-electron chi connectivity index (χ0n) is 18.8. The van der Waals surface area contributed by atoms with Crippen LogP contribution in [0.25, 0.3) is 0 Å². The molecule has 0 heterocycles. The number of benzene rings is 2. The van der Waals surface area contributed by atoms with Crippen molar-refractivity contribution < 1.29 is 0 Å². The molecule has 0 saturated carbocycles. The highest BCUT2D eigenvalue weighted by molar-refractivity contribution is 5.61. The van der Waals surface area contributed by atoms with Gasteiger partial charge in [0.1, 0.15) is 0 Å². The van der Waals surface area contributed by atoms with Crippen molar-refractivity contribution in [2.75, 3.05) is 0 Å². The molecule has 0 amide bonds. The van der Waals surface area contributed by atoms with E-state index in [-0.39, 0.29) is 21.7 Å². The third-order valence-electron chi connectivity index (χ3n) is 7.66. The van der Waals surface area contributed by atoms with Crippen molar-refractivity contribution >= 4 is 0 Å². The zero-order chi connectivity index (χ0) is 20.5. The first-order valence-corrected chi connectivity index (χ1v) is 10.6. The first-order valence-electron chi connectivity index (χ1n) is 10.6. The molecule has 28 heavy (non-hydrogen) atoms. The summed E-state index contributed by atoms with van der Waals surface area (Å²) in [5.74, 6) is 0. The van der Waals surface area contributed by atoms with E-state index in [4.69, 9.17) is 0 Å². The third-order valence-corrected chi connectivity index (χ3v) is 7.66. The van der Waals surface area contributed by atoms with Crippen LogP contribution in [-0.2, 0) is 21.7 Å². The van der Waals surface area contributed by atoms with Gasteiger partial charge in [0.05, 0.1) is 0 Å². The summed E-state index contributed by atoms with van der Waals surface area (Å²) < 4.78 is 0. The molecular formula is C28H34. The van der Waals surface area contributed by atoms with Gasteiger partial charge in [0.15, 0.2) is 0 Å². The van der Waals surface area contributed by atoms with Gasteiger partial charge in [-0.25, -0.2) is 0 Å². The Morgan fingerprint density at radius 3 is 0.857 bits per heavy atom. The lowest BCUT2D eigenvalue weighted by molar-refractivity contribution is 0.540. The predicted octanol–water partition coefficient (Wildman–Crippen LogP) is 7.38. The van der Waals surface area contributed by atoms with Crippen molar-refractivity contribution in [1.29, 1.82) is 0 Å². The fourth-order valence-electron chi connectivity index (χ4n) is 6.29. The molecule has 0 heteroatoms. The van der Waals surface area contributed by atoms with Crippen LogP contribution < -0.4 is 0 Å².